The Hall–Kier alpha value is -2.54. The Kier molecular flexibility index (Phi) is 5.23. The highest BCUT2D eigenvalue weighted by Crippen LogP contribution is 2.33. The average molecular weight is 325 g/mol. The van der Waals surface area contributed by atoms with Gasteiger partial charge in [-0.1, -0.05) is 30.3 Å². The highest BCUT2D eigenvalue weighted by molar-refractivity contribution is 5.96. The van der Waals surface area contributed by atoms with Crippen molar-refractivity contribution in [3.8, 4) is 0 Å². The molecule has 1 heterocycles. The molecular formula is C16H14F3NO3. The van der Waals surface area contributed by atoms with Crippen LogP contribution in [0.2, 0.25) is 0 Å². The van der Waals surface area contributed by atoms with Gasteiger partial charge in [0.15, 0.2) is 0 Å². The predicted octanol–water partition coefficient (Wildman–Crippen LogP) is 3.08. The Balaban J connectivity index is 2.08. The number of carbonyl (C=O) groups excluding carboxylic acids is 1. The van der Waals surface area contributed by atoms with Crippen molar-refractivity contribution < 1.29 is 27.5 Å². The molecule has 0 bridgehead atoms. The van der Waals surface area contributed by atoms with E-state index in [0.717, 1.165) is 0 Å². The van der Waals surface area contributed by atoms with Crippen LogP contribution in [0, 0.1) is 0 Å². The molecule has 7 heteroatoms. The van der Waals surface area contributed by atoms with Crippen LogP contribution in [0.1, 0.15) is 17.4 Å². The van der Waals surface area contributed by atoms with E-state index in [-0.39, 0.29) is 17.9 Å². The van der Waals surface area contributed by atoms with Gasteiger partial charge in [-0.25, -0.2) is 0 Å². The maximum Gasteiger partial charge on any atom is 0.417 e. The third-order valence-corrected chi connectivity index (χ3v) is 3.01. The molecule has 1 amide bonds. The molecule has 1 unspecified atom stereocenters. The number of alkyl halides is 3. The van der Waals surface area contributed by atoms with Gasteiger partial charge in [-0.15, -0.1) is 0 Å². The van der Waals surface area contributed by atoms with Crippen molar-refractivity contribution in [1.29, 1.82) is 0 Å². The third-order valence-electron chi connectivity index (χ3n) is 3.01. The fraction of sp³-hybridized carbons (Fsp3) is 0.188. The second-order valence-corrected chi connectivity index (χ2v) is 4.70. The third kappa shape index (κ3) is 4.72. The summed E-state index contributed by atoms with van der Waals surface area (Å²) < 4.78 is 44.2. The normalized spacial score (nSPS) is 13.7. The van der Waals surface area contributed by atoms with E-state index in [9.17, 15) is 23.1 Å². The lowest BCUT2D eigenvalue weighted by Crippen LogP contribution is -2.27. The summed E-state index contributed by atoms with van der Waals surface area (Å²) >= 11 is 0. The Morgan fingerprint density at radius 1 is 1.22 bits per heavy atom. The first-order chi connectivity index (χ1) is 10.9. The molecule has 1 aromatic carbocycles. The molecule has 0 aliphatic heterocycles. The van der Waals surface area contributed by atoms with Crippen LogP contribution in [0.15, 0.2) is 59.2 Å². The van der Waals surface area contributed by atoms with Crippen molar-refractivity contribution in [1.82, 2.24) is 5.32 Å². The van der Waals surface area contributed by atoms with Crippen LogP contribution in [0.5, 0.6) is 0 Å². The van der Waals surface area contributed by atoms with Crippen LogP contribution in [-0.2, 0) is 4.79 Å². The Morgan fingerprint density at radius 2 is 1.91 bits per heavy atom. The summed E-state index contributed by atoms with van der Waals surface area (Å²) in [5.74, 6) is -0.736. The average Bonchev–Trinajstić information content (AvgIpc) is 3.04. The van der Waals surface area contributed by atoms with Crippen LogP contribution in [0.3, 0.4) is 0 Å². The standard InChI is InChI=1S/C16H14F3NO3/c17-16(18,19)12(11-5-2-1-3-6-11)9-15(22)20-10-13(21)14-7-4-8-23-14/h1-9,13,21H,10H2,(H,20,22)/b12-9-. The van der Waals surface area contributed by atoms with Gasteiger partial charge in [0.2, 0.25) is 5.91 Å². The van der Waals surface area contributed by atoms with Gasteiger partial charge in [-0.05, 0) is 17.7 Å². The zero-order chi connectivity index (χ0) is 16.9. The van der Waals surface area contributed by atoms with Crippen LogP contribution < -0.4 is 5.32 Å². The molecule has 4 nitrogen and oxygen atoms in total. The van der Waals surface area contributed by atoms with E-state index in [1.54, 1.807) is 12.1 Å². The predicted molar refractivity (Wildman–Crippen MR) is 77.2 cm³/mol. The van der Waals surface area contributed by atoms with Crippen LogP contribution in [0.4, 0.5) is 13.2 Å². The maximum atomic E-state index is 13.1. The Morgan fingerprint density at radius 3 is 2.48 bits per heavy atom. The van der Waals surface area contributed by atoms with Gasteiger partial charge < -0.3 is 14.8 Å². The lowest BCUT2D eigenvalue weighted by atomic mass is 10.1. The SMILES string of the molecule is O=C(/C=C(/c1ccccc1)C(F)(F)F)NCC(O)c1ccco1. The van der Waals surface area contributed by atoms with Gasteiger partial charge in [0.25, 0.3) is 0 Å². The van der Waals surface area contributed by atoms with E-state index in [1.807, 2.05) is 0 Å². The van der Waals surface area contributed by atoms with Gasteiger partial charge in [-0.3, -0.25) is 4.79 Å². The topological polar surface area (TPSA) is 62.5 Å². The minimum atomic E-state index is -4.67. The van der Waals surface area contributed by atoms with Crippen LogP contribution in [0.25, 0.3) is 5.57 Å². The molecule has 2 rings (SSSR count). The van der Waals surface area contributed by atoms with Crippen molar-refractivity contribution in [3.05, 3.63) is 66.1 Å². The summed E-state index contributed by atoms with van der Waals surface area (Å²) in [6, 6.07) is 10.1. The molecule has 0 radical (unpaired) electrons. The summed E-state index contributed by atoms with van der Waals surface area (Å²) in [5, 5.41) is 11.9. The molecule has 1 atom stereocenters. The van der Waals surface area contributed by atoms with Gasteiger partial charge in [0.1, 0.15) is 11.9 Å². The van der Waals surface area contributed by atoms with Crippen molar-refractivity contribution in [3.63, 3.8) is 0 Å². The first-order valence-corrected chi connectivity index (χ1v) is 6.71. The fourth-order valence-electron chi connectivity index (χ4n) is 1.91. The lowest BCUT2D eigenvalue weighted by molar-refractivity contribution is -0.117. The number of carbonyl (C=O) groups is 1. The number of halogens is 3. The molecule has 0 aliphatic rings. The van der Waals surface area contributed by atoms with Crippen LogP contribution in [-0.4, -0.2) is 23.7 Å². The van der Waals surface area contributed by atoms with Gasteiger partial charge in [0, 0.05) is 6.08 Å². The fourth-order valence-corrected chi connectivity index (χ4v) is 1.91. The number of amides is 1. The zero-order valence-corrected chi connectivity index (χ0v) is 11.9. The number of aliphatic hydroxyl groups excluding tert-OH is 1. The number of benzene rings is 1. The van der Waals surface area contributed by atoms with Crippen molar-refractivity contribution in [2.45, 2.75) is 12.3 Å². The molecule has 0 fully saturated rings. The van der Waals surface area contributed by atoms with Gasteiger partial charge in [-0.2, -0.15) is 13.2 Å². The van der Waals surface area contributed by atoms with Crippen molar-refractivity contribution >= 4 is 11.5 Å². The summed E-state index contributed by atoms with van der Waals surface area (Å²) in [4.78, 5) is 11.7. The largest absolute Gasteiger partial charge is 0.467 e. The number of hydrogen-bond acceptors (Lipinski definition) is 3. The molecule has 1 aromatic heterocycles. The highest BCUT2D eigenvalue weighted by atomic mass is 19.4. The number of furan rings is 1. The van der Waals surface area contributed by atoms with E-state index in [4.69, 9.17) is 4.42 Å². The zero-order valence-electron chi connectivity index (χ0n) is 11.9. The molecule has 0 spiro atoms. The number of aliphatic hydroxyl groups is 1. The molecule has 122 valence electrons. The monoisotopic (exact) mass is 325 g/mol. The lowest BCUT2D eigenvalue weighted by Gasteiger charge is -2.13. The second-order valence-electron chi connectivity index (χ2n) is 4.70. The van der Waals surface area contributed by atoms with E-state index < -0.39 is 23.8 Å². The van der Waals surface area contributed by atoms with Crippen molar-refractivity contribution in [2.75, 3.05) is 6.54 Å². The minimum absolute atomic E-state index is 0.110. The molecular weight excluding hydrogens is 311 g/mol. The number of nitrogens with one attached hydrogen (secondary N) is 1. The molecule has 2 aromatic rings. The first kappa shape index (κ1) is 16.8. The Bertz CT molecular complexity index is 664. The molecule has 0 saturated carbocycles. The maximum absolute atomic E-state index is 13.1. The second kappa shape index (κ2) is 7.15. The molecule has 0 aliphatic carbocycles. The number of rotatable bonds is 5. The van der Waals surface area contributed by atoms with Gasteiger partial charge in [0.05, 0.1) is 18.4 Å². The summed E-state index contributed by atoms with van der Waals surface area (Å²) in [7, 11) is 0. The Labute approximate surface area is 130 Å². The summed E-state index contributed by atoms with van der Waals surface area (Å²) in [6.45, 7) is -0.261. The van der Waals surface area contributed by atoms with E-state index >= 15 is 0 Å². The molecule has 2 N–H and O–H groups in total. The summed E-state index contributed by atoms with van der Waals surface area (Å²) in [5.41, 5.74) is -1.16. The molecule has 0 saturated heterocycles. The highest BCUT2D eigenvalue weighted by Gasteiger charge is 2.35. The minimum Gasteiger partial charge on any atom is -0.467 e. The number of hydrogen-bond donors (Lipinski definition) is 2. The quantitative estimate of drug-likeness (QED) is 0.831. The molecule has 23 heavy (non-hydrogen) atoms. The summed E-state index contributed by atoms with van der Waals surface area (Å²) in [6.07, 6.45) is -3.98. The number of allylic oxidation sites excluding steroid dienone is 1. The van der Waals surface area contributed by atoms with Crippen LogP contribution >= 0.6 is 0 Å². The van der Waals surface area contributed by atoms with E-state index in [1.165, 1.54) is 36.6 Å². The van der Waals surface area contributed by atoms with E-state index in [2.05, 4.69) is 5.32 Å². The smallest absolute Gasteiger partial charge is 0.417 e. The van der Waals surface area contributed by atoms with Gasteiger partial charge >= 0.3 is 6.18 Å². The van der Waals surface area contributed by atoms with E-state index in [0.29, 0.717) is 6.08 Å². The first-order valence-electron chi connectivity index (χ1n) is 6.71. The van der Waals surface area contributed by atoms with Crippen molar-refractivity contribution in [2.24, 2.45) is 0 Å².